The van der Waals surface area contributed by atoms with Gasteiger partial charge in [0.1, 0.15) is 0 Å². The van der Waals surface area contributed by atoms with Gasteiger partial charge in [0.2, 0.25) is 15.8 Å². The summed E-state index contributed by atoms with van der Waals surface area (Å²) in [5, 5.41) is 0. The van der Waals surface area contributed by atoms with Gasteiger partial charge in [-0.2, -0.15) is 0 Å². The molecule has 0 unspecified atom stereocenters. The number of carbonyl (C=O) groups is 2. The molecule has 1 N–H and O–H groups in total. The molecule has 2 aromatic carbocycles. The minimum Gasteiger partial charge on any atom is -0.451 e. The summed E-state index contributed by atoms with van der Waals surface area (Å²) in [5.74, 6) is -0.962. The lowest BCUT2D eigenvalue weighted by molar-refractivity contribution is 0.0319. The fourth-order valence-electron chi connectivity index (χ4n) is 2.33. The van der Waals surface area contributed by atoms with Gasteiger partial charge in [-0.25, -0.2) is 13.2 Å². The summed E-state index contributed by atoms with van der Waals surface area (Å²) >= 11 is 0. The molecule has 7 nitrogen and oxygen atoms in total. The molecule has 144 valence electrons. The van der Waals surface area contributed by atoms with Crippen molar-refractivity contribution in [2.45, 2.75) is 13.0 Å². The number of Topliss-reactive ketones (excluding diaryl/α,β-unsaturated/α-hetero) is 1. The van der Waals surface area contributed by atoms with E-state index in [0.29, 0.717) is 16.8 Å². The quantitative estimate of drug-likeness (QED) is 0.577. The number of nitrogens with zero attached hydrogens (tertiary/aromatic N) is 1. The highest BCUT2D eigenvalue weighted by Crippen LogP contribution is 2.16. The third-order valence-corrected chi connectivity index (χ3v) is 4.35. The summed E-state index contributed by atoms with van der Waals surface area (Å²) in [5.41, 5.74) is 1.96. The van der Waals surface area contributed by atoms with Gasteiger partial charge < -0.3 is 9.64 Å². The SMILES string of the molecule is C[C@H](OC(=O)c1ccc(N(C)C)cc1)C(=O)c1ccc(NS(C)(=O)=O)cc1. The molecular weight excluding hydrogens is 368 g/mol. The van der Waals surface area contributed by atoms with Gasteiger partial charge in [-0.1, -0.05) is 0 Å². The number of nitrogens with one attached hydrogen (secondary N) is 1. The molecule has 0 radical (unpaired) electrons. The Kier molecular flexibility index (Phi) is 6.22. The van der Waals surface area contributed by atoms with Gasteiger partial charge in [0, 0.05) is 31.0 Å². The van der Waals surface area contributed by atoms with Gasteiger partial charge in [0.15, 0.2) is 6.10 Å². The molecule has 0 aliphatic carbocycles. The maximum absolute atomic E-state index is 12.4. The van der Waals surface area contributed by atoms with Gasteiger partial charge in [-0.3, -0.25) is 9.52 Å². The van der Waals surface area contributed by atoms with Crippen LogP contribution in [0.3, 0.4) is 0 Å². The van der Waals surface area contributed by atoms with Crippen LogP contribution in [0.5, 0.6) is 0 Å². The van der Waals surface area contributed by atoms with Crippen molar-refractivity contribution >= 4 is 33.2 Å². The highest BCUT2D eigenvalue weighted by molar-refractivity contribution is 7.92. The maximum Gasteiger partial charge on any atom is 0.338 e. The van der Waals surface area contributed by atoms with Crippen molar-refractivity contribution in [1.29, 1.82) is 0 Å². The van der Waals surface area contributed by atoms with Crippen molar-refractivity contribution in [2.24, 2.45) is 0 Å². The molecule has 0 fully saturated rings. The summed E-state index contributed by atoms with van der Waals surface area (Å²) in [6.07, 6.45) is 0.0679. The topological polar surface area (TPSA) is 92.8 Å². The Bertz CT molecular complexity index is 920. The third kappa shape index (κ3) is 5.82. The highest BCUT2D eigenvalue weighted by atomic mass is 32.2. The van der Waals surface area contributed by atoms with Crippen molar-refractivity contribution in [3.63, 3.8) is 0 Å². The summed E-state index contributed by atoms with van der Waals surface area (Å²) < 4.78 is 30.0. The second-order valence-electron chi connectivity index (χ2n) is 6.30. The van der Waals surface area contributed by atoms with E-state index in [1.54, 1.807) is 24.3 Å². The average molecular weight is 390 g/mol. The summed E-state index contributed by atoms with van der Waals surface area (Å²) in [7, 11) is 0.398. The Hall–Kier alpha value is -2.87. The van der Waals surface area contributed by atoms with E-state index in [-0.39, 0.29) is 5.78 Å². The number of benzene rings is 2. The summed E-state index contributed by atoms with van der Waals surface area (Å²) in [6, 6.07) is 12.8. The number of rotatable bonds is 7. The Morgan fingerprint density at radius 2 is 1.48 bits per heavy atom. The molecule has 0 spiro atoms. The van der Waals surface area contributed by atoms with Crippen LogP contribution in [0.15, 0.2) is 48.5 Å². The Labute approximate surface area is 159 Å². The normalized spacial score (nSPS) is 12.1. The largest absolute Gasteiger partial charge is 0.451 e. The van der Waals surface area contributed by atoms with Crippen LogP contribution < -0.4 is 9.62 Å². The lowest BCUT2D eigenvalue weighted by atomic mass is 10.1. The van der Waals surface area contributed by atoms with Crippen molar-refractivity contribution in [2.75, 3.05) is 30.0 Å². The van der Waals surface area contributed by atoms with E-state index in [4.69, 9.17) is 4.74 Å². The zero-order chi connectivity index (χ0) is 20.2. The predicted molar refractivity (Wildman–Crippen MR) is 105 cm³/mol. The van der Waals surface area contributed by atoms with Crippen molar-refractivity contribution in [1.82, 2.24) is 0 Å². The first-order valence-electron chi connectivity index (χ1n) is 8.17. The Morgan fingerprint density at radius 3 is 1.96 bits per heavy atom. The van der Waals surface area contributed by atoms with E-state index in [1.807, 2.05) is 19.0 Å². The monoisotopic (exact) mass is 390 g/mol. The van der Waals surface area contributed by atoms with Gasteiger partial charge in [0.05, 0.1) is 11.8 Å². The highest BCUT2D eigenvalue weighted by Gasteiger charge is 2.20. The van der Waals surface area contributed by atoms with Crippen LogP contribution in [0.4, 0.5) is 11.4 Å². The first kappa shape index (κ1) is 20.4. The molecule has 1 atom stereocenters. The van der Waals surface area contributed by atoms with Crippen LogP contribution >= 0.6 is 0 Å². The maximum atomic E-state index is 12.4. The number of ether oxygens (including phenoxy) is 1. The van der Waals surface area contributed by atoms with Crippen LogP contribution in [-0.4, -0.2) is 46.6 Å². The zero-order valence-corrected chi connectivity index (χ0v) is 16.4. The predicted octanol–water partition coefficient (Wildman–Crippen LogP) is 2.55. The number of anilines is 2. The van der Waals surface area contributed by atoms with E-state index in [9.17, 15) is 18.0 Å². The second kappa shape index (κ2) is 8.22. The third-order valence-electron chi connectivity index (χ3n) is 3.75. The molecule has 27 heavy (non-hydrogen) atoms. The molecule has 0 amide bonds. The molecule has 0 aliphatic rings. The molecule has 2 aromatic rings. The molecular formula is C19H22N2O5S. The zero-order valence-electron chi connectivity index (χ0n) is 15.6. The number of carbonyl (C=O) groups excluding carboxylic acids is 2. The summed E-state index contributed by atoms with van der Waals surface area (Å²) in [6.45, 7) is 1.50. The van der Waals surface area contributed by atoms with Crippen molar-refractivity contribution < 1.29 is 22.7 Å². The van der Waals surface area contributed by atoms with Crippen LogP contribution in [-0.2, 0) is 14.8 Å². The van der Waals surface area contributed by atoms with Gasteiger partial charge in [0.25, 0.3) is 0 Å². The smallest absolute Gasteiger partial charge is 0.338 e. The van der Waals surface area contributed by atoms with Gasteiger partial charge >= 0.3 is 5.97 Å². The molecule has 0 heterocycles. The van der Waals surface area contributed by atoms with E-state index < -0.39 is 22.1 Å². The van der Waals surface area contributed by atoms with Crippen LogP contribution in [0, 0.1) is 0 Å². The van der Waals surface area contributed by atoms with Crippen LogP contribution in [0.25, 0.3) is 0 Å². The number of ketones is 1. The first-order valence-corrected chi connectivity index (χ1v) is 10.1. The van der Waals surface area contributed by atoms with Crippen LogP contribution in [0.2, 0.25) is 0 Å². The lowest BCUT2D eigenvalue weighted by Crippen LogP contribution is -2.24. The molecule has 0 saturated carbocycles. The number of hydrogen-bond donors (Lipinski definition) is 1. The average Bonchev–Trinajstić information content (AvgIpc) is 2.60. The minimum absolute atomic E-state index is 0.317. The van der Waals surface area contributed by atoms with E-state index >= 15 is 0 Å². The van der Waals surface area contributed by atoms with Gasteiger partial charge in [-0.15, -0.1) is 0 Å². The van der Waals surface area contributed by atoms with E-state index in [0.717, 1.165) is 11.9 Å². The molecule has 8 heteroatoms. The molecule has 0 saturated heterocycles. The molecule has 2 rings (SSSR count). The Balaban J connectivity index is 2.03. The van der Waals surface area contributed by atoms with Crippen LogP contribution in [0.1, 0.15) is 27.6 Å². The van der Waals surface area contributed by atoms with Gasteiger partial charge in [-0.05, 0) is 55.5 Å². The fourth-order valence-corrected chi connectivity index (χ4v) is 2.89. The lowest BCUT2D eigenvalue weighted by Gasteiger charge is -2.14. The molecule has 0 aromatic heterocycles. The number of sulfonamides is 1. The molecule has 0 aliphatic heterocycles. The molecule has 0 bridgehead atoms. The first-order chi connectivity index (χ1) is 12.6. The standard InChI is InChI=1S/C19H22N2O5S/c1-13(26-19(23)15-7-11-17(12-8-15)21(2)3)18(22)14-5-9-16(10-6-14)20-27(4,24)25/h5-13,20H,1-4H3/t13-/m0/s1. The second-order valence-corrected chi connectivity index (χ2v) is 8.05. The van der Waals surface area contributed by atoms with Crippen molar-refractivity contribution in [3.8, 4) is 0 Å². The van der Waals surface area contributed by atoms with E-state index in [1.165, 1.54) is 31.2 Å². The fraction of sp³-hybridized carbons (Fsp3) is 0.263. The Morgan fingerprint density at radius 1 is 0.963 bits per heavy atom. The minimum atomic E-state index is -3.39. The number of hydrogen-bond acceptors (Lipinski definition) is 6. The van der Waals surface area contributed by atoms with Crippen molar-refractivity contribution in [3.05, 3.63) is 59.7 Å². The van der Waals surface area contributed by atoms with E-state index in [2.05, 4.69) is 4.72 Å². The summed E-state index contributed by atoms with van der Waals surface area (Å²) in [4.78, 5) is 26.6. The number of esters is 1.